The molecule has 1 N–H and O–H groups in total. The number of nitrogens with one attached hydrogen (secondary N) is 1. The van der Waals surface area contributed by atoms with Crippen molar-refractivity contribution in [3.8, 4) is 0 Å². The molecule has 3 nitrogen and oxygen atoms in total. The molecule has 0 aliphatic heterocycles. The number of Topliss-reactive ketones (excluding diaryl/α,β-unsaturated/α-hetero) is 2. The predicted octanol–water partition coefficient (Wildman–Crippen LogP) is 1.95. The number of unbranched alkanes of at least 4 members (excludes halogenated alkanes) is 1. The summed E-state index contributed by atoms with van der Waals surface area (Å²) in [4.78, 5) is 22.3. The Morgan fingerprint density at radius 2 is 1.80 bits per heavy atom. The van der Waals surface area contributed by atoms with Crippen molar-refractivity contribution in [3.05, 3.63) is 0 Å². The first-order valence-electron chi connectivity index (χ1n) is 5.73. The second kappa shape index (κ2) is 7.57. The topological polar surface area (TPSA) is 46.2 Å². The highest BCUT2D eigenvalue weighted by Crippen LogP contribution is 2.03. The van der Waals surface area contributed by atoms with Crippen molar-refractivity contribution in [2.75, 3.05) is 6.54 Å². The van der Waals surface area contributed by atoms with Crippen LogP contribution in [0.15, 0.2) is 0 Å². The molecule has 0 saturated carbocycles. The molecule has 15 heavy (non-hydrogen) atoms. The maximum absolute atomic E-state index is 11.3. The van der Waals surface area contributed by atoms with Crippen molar-refractivity contribution in [3.63, 3.8) is 0 Å². The van der Waals surface area contributed by atoms with Crippen LogP contribution in [0.5, 0.6) is 0 Å². The molecule has 0 aromatic heterocycles. The van der Waals surface area contributed by atoms with E-state index in [0.717, 1.165) is 19.3 Å². The van der Waals surface area contributed by atoms with Gasteiger partial charge in [0.15, 0.2) is 0 Å². The van der Waals surface area contributed by atoms with Gasteiger partial charge in [0.05, 0.1) is 6.04 Å². The molecular formula is C12H23NO2. The Labute approximate surface area is 92.6 Å². The third kappa shape index (κ3) is 6.39. The fraction of sp³-hybridized carbons (Fsp3) is 0.833. The molecule has 0 bridgehead atoms. The van der Waals surface area contributed by atoms with Crippen molar-refractivity contribution in [1.82, 2.24) is 5.32 Å². The first kappa shape index (κ1) is 14.3. The number of ketones is 2. The van der Waals surface area contributed by atoms with Crippen LogP contribution in [0.1, 0.15) is 47.0 Å². The highest BCUT2D eigenvalue weighted by atomic mass is 16.1. The fourth-order valence-corrected chi connectivity index (χ4v) is 1.32. The summed E-state index contributed by atoms with van der Waals surface area (Å²) in [6.07, 6.45) is 3.01. The zero-order valence-corrected chi connectivity index (χ0v) is 10.3. The van der Waals surface area contributed by atoms with E-state index in [0.29, 0.717) is 6.54 Å². The third-order valence-corrected chi connectivity index (χ3v) is 2.70. The van der Waals surface area contributed by atoms with Gasteiger partial charge in [0.1, 0.15) is 11.6 Å². The molecule has 0 aliphatic rings. The Balaban J connectivity index is 3.95. The quantitative estimate of drug-likeness (QED) is 0.670. The van der Waals surface area contributed by atoms with Crippen molar-refractivity contribution < 1.29 is 9.59 Å². The van der Waals surface area contributed by atoms with Crippen molar-refractivity contribution in [2.24, 2.45) is 5.92 Å². The van der Waals surface area contributed by atoms with Gasteiger partial charge >= 0.3 is 0 Å². The molecule has 0 radical (unpaired) electrons. The molecule has 0 unspecified atom stereocenters. The van der Waals surface area contributed by atoms with Gasteiger partial charge in [0, 0.05) is 12.5 Å². The van der Waals surface area contributed by atoms with Crippen molar-refractivity contribution >= 4 is 11.6 Å². The van der Waals surface area contributed by atoms with Gasteiger partial charge in [-0.1, -0.05) is 26.7 Å². The molecule has 88 valence electrons. The summed E-state index contributed by atoms with van der Waals surface area (Å²) in [6.45, 7) is 7.78. The van der Waals surface area contributed by atoms with E-state index in [2.05, 4.69) is 12.2 Å². The highest BCUT2D eigenvalue weighted by molar-refractivity contribution is 5.81. The molecule has 0 heterocycles. The summed E-state index contributed by atoms with van der Waals surface area (Å²) < 4.78 is 0. The Hall–Kier alpha value is -0.700. The summed E-state index contributed by atoms with van der Waals surface area (Å²) in [6, 6.07) is -0.0771. The smallest absolute Gasteiger partial charge is 0.146 e. The van der Waals surface area contributed by atoms with Crippen LogP contribution in [0.25, 0.3) is 0 Å². The molecule has 2 atom stereocenters. The van der Waals surface area contributed by atoms with E-state index in [1.807, 2.05) is 6.92 Å². The molecule has 0 fully saturated rings. The van der Waals surface area contributed by atoms with Gasteiger partial charge in [-0.15, -0.1) is 0 Å². The zero-order chi connectivity index (χ0) is 11.8. The number of carbonyl (C=O) groups is 2. The lowest BCUT2D eigenvalue weighted by molar-refractivity contribution is -0.122. The largest absolute Gasteiger partial charge is 0.307 e. The average molecular weight is 213 g/mol. The van der Waals surface area contributed by atoms with E-state index in [1.165, 1.54) is 0 Å². The molecule has 0 rings (SSSR count). The summed E-state index contributed by atoms with van der Waals surface area (Å²) in [7, 11) is 0. The van der Waals surface area contributed by atoms with Crippen LogP contribution in [0.3, 0.4) is 0 Å². The maximum atomic E-state index is 11.3. The lowest BCUT2D eigenvalue weighted by Crippen LogP contribution is -2.39. The molecule has 0 spiro atoms. The number of rotatable bonds is 8. The Bertz CT molecular complexity index is 214. The molecule has 0 amide bonds. The first-order valence-corrected chi connectivity index (χ1v) is 5.73. The third-order valence-electron chi connectivity index (χ3n) is 2.70. The lowest BCUT2D eigenvalue weighted by Gasteiger charge is -2.17. The zero-order valence-electron chi connectivity index (χ0n) is 10.3. The molecule has 0 aromatic rings. The summed E-state index contributed by atoms with van der Waals surface area (Å²) in [5, 5.41) is 3.16. The Kier molecular flexibility index (Phi) is 7.22. The lowest BCUT2D eigenvalue weighted by atomic mass is 10.0. The molecule has 3 heteroatoms. The minimum absolute atomic E-state index is 0.00604. The van der Waals surface area contributed by atoms with E-state index in [9.17, 15) is 9.59 Å². The summed E-state index contributed by atoms with van der Waals surface area (Å²) >= 11 is 0. The van der Waals surface area contributed by atoms with E-state index in [1.54, 1.807) is 13.8 Å². The minimum atomic E-state index is -0.0771. The van der Waals surface area contributed by atoms with Gasteiger partial charge in [-0.3, -0.25) is 9.59 Å². The summed E-state index contributed by atoms with van der Waals surface area (Å²) in [5.41, 5.74) is 0. The normalized spacial score (nSPS) is 14.7. The minimum Gasteiger partial charge on any atom is -0.307 e. The van der Waals surface area contributed by atoms with Crippen LogP contribution >= 0.6 is 0 Å². The van der Waals surface area contributed by atoms with Crippen molar-refractivity contribution in [1.29, 1.82) is 0 Å². The predicted molar refractivity (Wildman–Crippen MR) is 61.8 cm³/mol. The molecule has 0 aromatic carbocycles. The standard InChI is InChI=1S/C12H23NO2/c1-5-6-7-12(11(4)15)13-8-9(2)10(3)14/h9,12-13H,5-8H2,1-4H3/t9-,12-/m0/s1. The van der Waals surface area contributed by atoms with Crippen LogP contribution in [-0.2, 0) is 9.59 Å². The second-order valence-electron chi connectivity index (χ2n) is 4.23. The van der Waals surface area contributed by atoms with Crippen LogP contribution in [0, 0.1) is 5.92 Å². The number of hydrogen-bond donors (Lipinski definition) is 1. The van der Waals surface area contributed by atoms with Crippen molar-refractivity contribution in [2.45, 2.75) is 53.0 Å². The average Bonchev–Trinajstić information content (AvgIpc) is 2.16. The maximum Gasteiger partial charge on any atom is 0.146 e. The Morgan fingerprint density at radius 3 is 2.20 bits per heavy atom. The van der Waals surface area contributed by atoms with Gasteiger partial charge in [0.2, 0.25) is 0 Å². The summed E-state index contributed by atoms with van der Waals surface area (Å²) in [5.74, 6) is 0.327. The molecule has 0 aliphatic carbocycles. The highest BCUT2D eigenvalue weighted by Gasteiger charge is 2.15. The number of hydrogen-bond acceptors (Lipinski definition) is 3. The van der Waals surface area contributed by atoms with E-state index < -0.39 is 0 Å². The molecule has 0 saturated heterocycles. The van der Waals surface area contributed by atoms with E-state index in [4.69, 9.17) is 0 Å². The van der Waals surface area contributed by atoms with E-state index in [-0.39, 0.29) is 23.5 Å². The SMILES string of the molecule is CCCC[C@H](NC[C@H](C)C(C)=O)C(C)=O. The van der Waals surface area contributed by atoms with Gasteiger partial charge in [-0.05, 0) is 20.3 Å². The van der Waals surface area contributed by atoms with Crippen LogP contribution in [0.4, 0.5) is 0 Å². The monoisotopic (exact) mass is 213 g/mol. The van der Waals surface area contributed by atoms with Crippen LogP contribution in [-0.4, -0.2) is 24.2 Å². The second-order valence-corrected chi connectivity index (χ2v) is 4.23. The van der Waals surface area contributed by atoms with E-state index >= 15 is 0 Å². The van der Waals surface area contributed by atoms with Gasteiger partial charge in [0.25, 0.3) is 0 Å². The van der Waals surface area contributed by atoms with Gasteiger partial charge in [-0.2, -0.15) is 0 Å². The van der Waals surface area contributed by atoms with Gasteiger partial charge in [-0.25, -0.2) is 0 Å². The van der Waals surface area contributed by atoms with Crippen LogP contribution in [0.2, 0.25) is 0 Å². The fourth-order valence-electron chi connectivity index (χ4n) is 1.32. The molecular weight excluding hydrogens is 190 g/mol. The van der Waals surface area contributed by atoms with Gasteiger partial charge < -0.3 is 5.32 Å². The first-order chi connectivity index (χ1) is 6.99. The number of carbonyl (C=O) groups excluding carboxylic acids is 2. The Morgan fingerprint density at radius 1 is 1.20 bits per heavy atom. The van der Waals surface area contributed by atoms with Crippen LogP contribution < -0.4 is 5.32 Å².